The minimum absolute atomic E-state index is 0. The van der Waals surface area contributed by atoms with Gasteiger partial charge in [0.05, 0.1) is 5.52 Å². The largest absolute Gasteiger partial charge is 0.352 e. The summed E-state index contributed by atoms with van der Waals surface area (Å²) in [4.78, 5) is 2.26. The van der Waals surface area contributed by atoms with Gasteiger partial charge in [0.15, 0.2) is 5.82 Å². The molecule has 120 valence electrons. The fourth-order valence-corrected chi connectivity index (χ4v) is 2.97. The van der Waals surface area contributed by atoms with Gasteiger partial charge in [0.25, 0.3) is 0 Å². The van der Waals surface area contributed by atoms with Gasteiger partial charge >= 0.3 is 0 Å². The van der Waals surface area contributed by atoms with Gasteiger partial charge < -0.3 is 10.2 Å². The Hall–Kier alpha value is -2.11. The van der Waals surface area contributed by atoms with Crippen molar-refractivity contribution < 1.29 is 4.39 Å². The average Bonchev–Trinajstić information content (AvgIpc) is 2.96. The van der Waals surface area contributed by atoms with Gasteiger partial charge in [0.2, 0.25) is 0 Å². The maximum absolute atomic E-state index is 14.2. The van der Waals surface area contributed by atoms with Crippen LogP contribution in [0.3, 0.4) is 0 Å². The molecule has 23 heavy (non-hydrogen) atoms. The van der Waals surface area contributed by atoms with E-state index < -0.39 is 0 Å². The van der Waals surface area contributed by atoms with E-state index in [2.05, 4.69) is 16.3 Å². The molecule has 0 radical (unpaired) electrons. The minimum atomic E-state index is -0.261. The van der Waals surface area contributed by atoms with Crippen LogP contribution in [0, 0.1) is 5.82 Å². The Balaban J connectivity index is 0.00000156. The third kappa shape index (κ3) is 2.78. The molecule has 2 aromatic carbocycles. The van der Waals surface area contributed by atoms with Crippen LogP contribution >= 0.6 is 12.4 Å². The van der Waals surface area contributed by atoms with E-state index in [4.69, 9.17) is 5.10 Å². The molecule has 0 unspecified atom stereocenters. The minimum Gasteiger partial charge on any atom is -0.352 e. The molecular weight excluding hydrogens is 315 g/mol. The predicted octanol–water partition coefficient (Wildman–Crippen LogP) is 3.00. The van der Waals surface area contributed by atoms with Crippen LogP contribution in [0.25, 0.3) is 16.6 Å². The number of hydrogen-bond acceptors (Lipinski definition) is 3. The molecule has 3 aromatic rings. The van der Waals surface area contributed by atoms with Crippen LogP contribution in [-0.2, 0) is 0 Å². The highest BCUT2D eigenvalue weighted by molar-refractivity contribution is 5.91. The lowest BCUT2D eigenvalue weighted by atomic mass is 10.2. The van der Waals surface area contributed by atoms with Gasteiger partial charge in [-0.2, -0.15) is 0 Å². The molecule has 0 atom stereocenters. The molecule has 0 spiro atoms. The summed E-state index contributed by atoms with van der Waals surface area (Å²) in [6.45, 7) is 3.72. The number of rotatable bonds is 2. The quantitative estimate of drug-likeness (QED) is 0.783. The number of anilines is 1. The summed E-state index contributed by atoms with van der Waals surface area (Å²) >= 11 is 0. The normalized spacial score (nSPS) is 14.7. The molecular formula is C17H18ClFN4. The van der Waals surface area contributed by atoms with Gasteiger partial charge in [-0.3, -0.25) is 0 Å². The van der Waals surface area contributed by atoms with Crippen molar-refractivity contribution in [1.82, 2.24) is 15.1 Å². The standard InChI is InChI=1S/C17H17FN4.ClH/c18-14-6-2-4-8-16(14)22-15-7-3-1-5-13(15)17(20-22)21-11-9-19-10-12-21;/h1-8,19H,9-12H2;1H. The highest BCUT2D eigenvalue weighted by Crippen LogP contribution is 2.29. The first kappa shape index (κ1) is 15.8. The summed E-state index contributed by atoms with van der Waals surface area (Å²) in [6, 6.07) is 14.8. The fraction of sp³-hybridized carbons (Fsp3) is 0.235. The summed E-state index contributed by atoms with van der Waals surface area (Å²) in [5.41, 5.74) is 1.42. The second-order valence-corrected chi connectivity index (χ2v) is 5.44. The molecule has 1 aliphatic rings. The van der Waals surface area contributed by atoms with Crippen molar-refractivity contribution in [2.45, 2.75) is 0 Å². The third-order valence-electron chi connectivity index (χ3n) is 4.07. The maximum Gasteiger partial charge on any atom is 0.159 e. The zero-order chi connectivity index (χ0) is 14.9. The first-order chi connectivity index (χ1) is 10.8. The second kappa shape index (κ2) is 6.56. The van der Waals surface area contributed by atoms with Crippen molar-refractivity contribution >= 4 is 29.1 Å². The van der Waals surface area contributed by atoms with Gasteiger partial charge in [-0.15, -0.1) is 17.5 Å². The Kier molecular flexibility index (Phi) is 4.50. The number of fused-ring (bicyclic) bond motifs is 1. The van der Waals surface area contributed by atoms with E-state index >= 15 is 0 Å². The molecule has 6 heteroatoms. The number of nitrogens with one attached hydrogen (secondary N) is 1. The number of aromatic nitrogens is 2. The van der Waals surface area contributed by atoms with Crippen LogP contribution in [0.15, 0.2) is 48.5 Å². The number of piperazine rings is 1. The zero-order valence-corrected chi connectivity index (χ0v) is 13.4. The Bertz CT molecular complexity index is 811. The lowest BCUT2D eigenvalue weighted by Gasteiger charge is -2.27. The highest BCUT2D eigenvalue weighted by Gasteiger charge is 2.19. The van der Waals surface area contributed by atoms with E-state index in [1.54, 1.807) is 16.8 Å². The van der Waals surface area contributed by atoms with Gasteiger partial charge in [0.1, 0.15) is 11.5 Å². The van der Waals surface area contributed by atoms with E-state index in [-0.39, 0.29) is 18.2 Å². The lowest BCUT2D eigenvalue weighted by molar-refractivity contribution is 0.582. The van der Waals surface area contributed by atoms with Crippen molar-refractivity contribution in [2.75, 3.05) is 31.1 Å². The number of halogens is 2. The van der Waals surface area contributed by atoms with Crippen LogP contribution < -0.4 is 10.2 Å². The van der Waals surface area contributed by atoms with Crippen molar-refractivity contribution in [2.24, 2.45) is 0 Å². The number of benzene rings is 2. The van der Waals surface area contributed by atoms with Crippen LogP contribution in [-0.4, -0.2) is 36.0 Å². The first-order valence-corrected chi connectivity index (χ1v) is 7.53. The molecule has 0 amide bonds. The van der Waals surface area contributed by atoms with Crippen molar-refractivity contribution in [3.63, 3.8) is 0 Å². The number of nitrogens with zero attached hydrogens (tertiary/aromatic N) is 3. The van der Waals surface area contributed by atoms with Gasteiger partial charge in [-0.05, 0) is 24.3 Å². The SMILES string of the molecule is Cl.Fc1ccccc1-n1nc(N2CCNCC2)c2ccccc21. The monoisotopic (exact) mass is 332 g/mol. The van der Waals surface area contributed by atoms with Crippen LogP contribution in [0.5, 0.6) is 0 Å². The molecule has 4 rings (SSSR count). The lowest BCUT2D eigenvalue weighted by Crippen LogP contribution is -2.43. The second-order valence-electron chi connectivity index (χ2n) is 5.44. The van der Waals surface area contributed by atoms with E-state index in [1.165, 1.54) is 6.07 Å². The maximum atomic E-state index is 14.2. The Morgan fingerprint density at radius 3 is 2.43 bits per heavy atom. The van der Waals surface area contributed by atoms with E-state index in [9.17, 15) is 4.39 Å². The summed E-state index contributed by atoms with van der Waals surface area (Å²) < 4.78 is 15.9. The Morgan fingerprint density at radius 2 is 1.65 bits per heavy atom. The molecule has 0 aliphatic carbocycles. The van der Waals surface area contributed by atoms with E-state index in [1.807, 2.05) is 24.3 Å². The summed E-state index contributed by atoms with van der Waals surface area (Å²) in [6.07, 6.45) is 0. The van der Waals surface area contributed by atoms with Crippen LogP contribution in [0.1, 0.15) is 0 Å². The van der Waals surface area contributed by atoms with E-state index in [0.717, 1.165) is 42.9 Å². The number of hydrogen-bond donors (Lipinski definition) is 1. The van der Waals surface area contributed by atoms with Crippen molar-refractivity contribution in [3.8, 4) is 5.69 Å². The highest BCUT2D eigenvalue weighted by atomic mass is 35.5. The number of para-hydroxylation sites is 2. The molecule has 1 aromatic heterocycles. The topological polar surface area (TPSA) is 33.1 Å². The molecule has 0 bridgehead atoms. The van der Waals surface area contributed by atoms with Crippen molar-refractivity contribution in [1.29, 1.82) is 0 Å². The first-order valence-electron chi connectivity index (χ1n) is 7.53. The molecule has 1 N–H and O–H groups in total. The molecule has 1 saturated heterocycles. The third-order valence-corrected chi connectivity index (χ3v) is 4.07. The van der Waals surface area contributed by atoms with Crippen molar-refractivity contribution in [3.05, 3.63) is 54.3 Å². The Morgan fingerprint density at radius 1 is 0.957 bits per heavy atom. The fourth-order valence-electron chi connectivity index (χ4n) is 2.97. The summed E-state index contributed by atoms with van der Waals surface area (Å²) in [7, 11) is 0. The van der Waals surface area contributed by atoms with Crippen LogP contribution in [0.4, 0.5) is 10.2 Å². The van der Waals surface area contributed by atoms with Gasteiger partial charge in [0, 0.05) is 31.6 Å². The predicted molar refractivity (Wildman–Crippen MR) is 93.4 cm³/mol. The van der Waals surface area contributed by atoms with Crippen LogP contribution in [0.2, 0.25) is 0 Å². The zero-order valence-electron chi connectivity index (χ0n) is 12.6. The molecule has 2 heterocycles. The Labute approximate surface area is 140 Å². The summed E-state index contributed by atoms with van der Waals surface area (Å²) in [5, 5.41) is 9.13. The van der Waals surface area contributed by atoms with Gasteiger partial charge in [-0.25, -0.2) is 9.07 Å². The molecule has 0 saturated carbocycles. The van der Waals surface area contributed by atoms with Gasteiger partial charge in [-0.1, -0.05) is 24.3 Å². The average molecular weight is 333 g/mol. The molecule has 1 fully saturated rings. The summed E-state index contributed by atoms with van der Waals surface area (Å²) in [5.74, 6) is 0.669. The van der Waals surface area contributed by atoms with E-state index in [0.29, 0.717) is 5.69 Å². The smallest absolute Gasteiger partial charge is 0.159 e. The molecule has 1 aliphatic heterocycles. The molecule has 4 nitrogen and oxygen atoms in total.